The summed E-state index contributed by atoms with van der Waals surface area (Å²) >= 11 is 1.52. The molecule has 0 aliphatic carbocycles. The molecule has 13 nitrogen and oxygen atoms in total. The van der Waals surface area contributed by atoms with Gasteiger partial charge in [0.15, 0.2) is 40.0 Å². The molecular weight excluding hydrogens is 773 g/mol. The van der Waals surface area contributed by atoms with Crippen LogP contribution in [0.5, 0.6) is 40.2 Å². The van der Waals surface area contributed by atoms with Crippen LogP contribution in [0.3, 0.4) is 0 Å². The number of phenolic OH excluding ortho intramolecular Hbond substituents is 2. The number of nitrogens with one attached hydrogen (secondary N) is 1. The van der Waals surface area contributed by atoms with Crippen molar-refractivity contribution in [3.63, 3.8) is 0 Å². The Hall–Kier alpha value is -5.33. The molecule has 2 fully saturated rings. The second-order valence-corrected chi connectivity index (χ2v) is 17.4. The summed E-state index contributed by atoms with van der Waals surface area (Å²) in [5.41, 5.74) is 5.76. The second-order valence-electron chi connectivity index (χ2n) is 16.3. The quantitative estimate of drug-likeness (QED) is 0.213. The van der Waals surface area contributed by atoms with E-state index in [4.69, 9.17) is 28.4 Å². The number of likely N-dealkylation sites (N-methyl/N-ethyl adjacent to an activating group) is 1. The first-order valence-corrected chi connectivity index (χ1v) is 21.0. The van der Waals surface area contributed by atoms with E-state index in [0.717, 1.165) is 33.4 Å². The van der Waals surface area contributed by atoms with Gasteiger partial charge in [0.25, 0.3) is 0 Å². The van der Waals surface area contributed by atoms with Crippen molar-refractivity contribution in [3.8, 4) is 46.3 Å². The van der Waals surface area contributed by atoms with E-state index in [-0.39, 0.29) is 36.7 Å². The largest absolute Gasteiger partial charge is 0.507 e. The van der Waals surface area contributed by atoms with Gasteiger partial charge in [-0.25, -0.2) is 4.79 Å². The third kappa shape index (κ3) is 5.44. The topological polar surface area (TPSA) is 155 Å². The number of esters is 1. The fourth-order valence-corrected chi connectivity index (χ4v) is 12.5. The zero-order chi connectivity index (χ0) is 40.9. The first-order chi connectivity index (χ1) is 28.6. The van der Waals surface area contributed by atoms with Gasteiger partial charge in [0.05, 0.1) is 37.6 Å². The number of carbonyl (C=O) groups excluding carboxylic acids is 1. The van der Waals surface area contributed by atoms with Crippen molar-refractivity contribution in [1.82, 2.24) is 15.1 Å². The van der Waals surface area contributed by atoms with Gasteiger partial charge in [-0.1, -0.05) is 36.4 Å². The summed E-state index contributed by atoms with van der Waals surface area (Å²) in [4.78, 5) is 19.4. The van der Waals surface area contributed by atoms with Crippen LogP contribution in [-0.4, -0.2) is 91.1 Å². The molecule has 1 spiro atoms. The molecule has 2 saturated heterocycles. The maximum Gasteiger partial charge on any atom is 0.331 e. The van der Waals surface area contributed by atoms with Crippen LogP contribution in [0.25, 0.3) is 0 Å². The summed E-state index contributed by atoms with van der Waals surface area (Å²) < 4.78 is 36.7. The summed E-state index contributed by atoms with van der Waals surface area (Å²) in [6.07, 6.45) is 1.16. The van der Waals surface area contributed by atoms with Gasteiger partial charge in [-0.3, -0.25) is 15.1 Å². The highest BCUT2D eigenvalue weighted by Gasteiger charge is 2.61. The van der Waals surface area contributed by atoms with Gasteiger partial charge >= 0.3 is 5.97 Å². The smallest absolute Gasteiger partial charge is 0.331 e. The first-order valence-electron chi connectivity index (χ1n) is 20.0. The average molecular weight is 819 g/mol. The number of methoxy groups -OCH3 is 2. The molecule has 4 aromatic rings. The van der Waals surface area contributed by atoms with Crippen molar-refractivity contribution in [2.45, 2.75) is 74.3 Å². The van der Waals surface area contributed by atoms with Crippen molar-refractivity contribution >= 4 is 17.7 Å². The summed E-state index contributed by atoms with van der Waals surface area (Å²) in [6, 6.07) is 15.9. The lowest BCUT2D eigenvalue weighted by molar-refractivity contribution is -0.157. The van der Waals surface area contributed by atoms with E-state index in [9.17, 15) is 20.3 Å². The first kappa shape index (κ1) is 37.9. The minimum Gasteiger partial charge on any atom is -0.507 e. The summed E-state index contributed by atoms with van der Waals surface area (Å²) in [7, 11) is 5.16. The van der Waals surface area contributed by atoms with Gasteiger partial charge in [-0.2, -0.15) is 5.26 Å². The van der Waals surface area contributed by atoms with E-state index in [1.807, 2.05) is 63.4 Å². The van der Waals surface area contributed by atoms with Crippen LogP contribution in [0.15, 0.2) is 48.5 Å². The second kappa shape index (κ2) is 14.2. The van der Waals surface area contributed by atoms with E-state index >= 15 is 0 Å². The molecule has 3 N–H and O–H groups in total. The number of benzene rings is 4. The van der Waals surface area contributed by atoms with E-state index < -0.39 is 40.9 Å². The Morgan fingerprint density at radius 1 is 0.983 bits per heavy atom. The molecule has 0 amide bonds. The zero-order valence-corrected chi connectivity index (χ0v) is 34.4. The highest BCUT2D eigenvalue weighted by molar-refractivity contribution is 7.99. The number of fused-ring (bicyclic) bond motifs is 9. The number of hydrogen-bond acceptors (Lipinski definition) is 14. The summed E-state index contributed by atoms with van der Waals surface area (Å²) in [5.74, 6) is 2.31. The molecule has 0 saturated carbocycles. The number of nitriles is 1. The predicted molar refractivity (Wildman–Crippen MR) is 217 cm³/mol. The molecule has 4 bridgehead atoms. The van der Waals surface area contributed by atoms with E-state index in [2.05, 4.69) is 27.3 Å². The molecule has 7 aliphatic heterocycles. The molecule has 11 rings (SSSR count). The summed E-state index contributed by atoms with van der Waals surface area (Å²) in [5, 5.41) is 38.6. The standard InChI is InChI=1S/C45H46N4O9S/c1-22-13-26-14-28-29(17-46)49-30-19-56-44(52)45(27-16-31(53-4)32(15-25(27)11-12-47-45)55-18-24-9-7-6-8-10-24)20-59-43(35-34(30)42-41(57-21-58-42)23(2)38(35)50)37(49)36(48(28)3)33(26)39(51)40(22)54-5/h6-10,13,15-16,28-30,36-37,43,47,50-51H,11-12,14,18-21H2,1-5H3/t28-,29+,30+,36+,37?,43-,45-/m1/s1. The Balaban J connectivity index is 1.15. The number of nitrogens with zero attached hydrogens (tertiary/aromatic N) is 3. The maximum absolute atomic E-state index is 15.0. The van der Waals surface area contributed by atoms with Crippen LogP contribution in [0, 0.1) is 25.2 Å². The third-order valence-electron chi connectivity index (χ3n) is 13.4. The number of aromatic hydroxyl groups is 2. The molecular formula is C45H46N4O9S. The van der Waals surface area contributed by atoms with Crippen molar-refractivity contribution in [2.24, 2.45) is 0 Å². The molecule has 59 heavy (non-hydrogen) atoms. The number of hydrogen-bond donors (Lipinski definition) is 3. The van der Waals surface area contributed by atoms with Gasteiger partial charge < -0.3 is 38.6 Å². The fourth-order valence-electron chi connectivity index (χ4n) is 10.8. The number of carbonyl (C=O) groups is 1. The SMILES string of the molecule is COc1cc2c(cc1OCc1ccccc1)CCN[C@]21CS[C@@H]2c3c(O)c(C)c4c(c3[C@H](COC1=O)N1C2[C@@H]2c3c(cc(C)c(OC)c3O)C[C@H]([C@@H]1C#N)N2C)OCO4. The monoisotopic (exact) mass is 818 g/mol. The third-order valence-corrected chi connectivity index (χ3v) is 14.9. The highest BCUT2D eigenvalue weighted by Crippen LogP contribution is 2.64. The number of rotatable bonds is 5. The van der Waals surface area contributed by atoms with Crippen molar-refractivity contribution in [1.29, 1.82) is 5.26 Å². The van der Waals surface area contributed by atoms with Crippen LogP contribution >= 0.6 is 11.8 Å². The normalized spacial score (nSPS) is 27.8. The Labute approximate surface area is 346 Å². The highest BCUT2D eigenvalue weighted by atomic mass is 32.2. The van der Waals surface area contributed by atoms with Gasteiger partial charge in [0.2, 0.25) is 6.79 Å². The number of thioether (sulfide) groups is 1. The average Bonchev–Trinajstić information content (AvgIpc) is 3.74. The van der Waals surface area contributed by atoms with Crippen LogP contribution in [0.2, 0.25) is 0 Å². The number of aryl methyl sites for hydroxylation is 1. The summed E-state index contributed by atoms with van der Waals surface area (Å²) in [6.45, 7) is 4.42. The lowest BCUT2D eigenvalue weighted by atomic mass is 9.71. The van der Waals surface area contributed by atoms with Crippen molar-refractivity contribution in [2.75, 3.05) is 47.0 Å². The Morgan fingerprint density at radius 2 is 1.78 bits per heavy atom. The number of ether oxygens (including phenoxy) is 6. The Morgan fingerprint density at radius 3 is 2.54 bits per heavy atom. The van der Waals surface area contributed by atoms with Gasteiger partial charge in [-0.15, -0.1) is 11.8 Å². The van der Waals surface area contributed by atoms with Crippen molar-refractivity contribution in [3.05, 3.63) is 98.6 Å². The predicted octanol–water partition coefficient (Wildman–Crippen LogP) is 5.64. The molecule has 7 atom stereocenters. The number of phenols is 2. The van der Waals surface area contributed by atoms with Gasteiger partial charge in [0.1, 0.15) is 25.0 Å². The van der Waals surface area contributed by atoms with Crippen LogP contribution < -0.4 is 29.0 Å². The minimum absolute atomic E-state index is 0.0292. The minimum atomic E-state index is -1.31. The molecule has 0 aromatic heterocycles. The molecule has 7 aliphatic rings. The molecule has 7 heterocycles. The molecule has 306 valence electrons. The van der Waals surface area contributed by atoms with Crippen LogP contribution in [0.4, 0.5) is 0 Å². The van der Waals surface area contributed by atoms with E-state index in [0.29, 0.717) is 71.4 Å². The zero-order valence-electron chi connectivity index (χ0n) is 33.5. The Bertz CT molecular complexity index is 2440. The van der Waals surface area contributed by atoms with Gasteiger partial charge in [-0.05, 0) is 73.7 Å². The van der Waals surface area contributed by atoms with E-state index in [1.165, 1.54) is 11.8 Å². The Kier molecular flexibility index (Phi) is 9.09. The van der Waals surface area contributed by atoms with Crippen LogP contribution in [-0.2, 0) is 34.5 Å². The molecule has 14 heteroatoms. The lowest BCUT2D eigenvalue weighted by Crippen LogP contribution is -2.69. The fraction of sp³-hybridized carbons (Fsp3) is 0.422. The van der Waals surface area contributed by atoms with E-state index in [1.54, 1.807) is 14.2 Å². The molecule has 1 unspecified atom stereocenters. The maximum atomic E-state index is 15.0. The van der Waals surface area contributed by atoms with Gasteiger partial charge in [0, 0.05) is 46.6 Å². The van der Waals surface area contributed by atoms with Crippen molar-refractivity contribution < 1.29 is 43.4 Å². The molecule has 0 radical (unpaired) electrons. The number of piperazine rings is 1. The lowest BCUT2D eigenvalue weighted by Gasteiger charge is -2.62. The van der Waals surface area contributed by atoms with Crippen LogP contribution in [0.1, 0.15) is 67.4 Å². The molecule has 4 aromatic carbocycles.